The highest BCUT2D eigenvalue weighted by Gasteiger charge is 2.13. The van der Waals surface area contributed by atoms with Gasteiger partial charge < -0.3 is 14.6 Å². The topological polar surface area (TPSA) is 81.4 Å². The zero-order valence-corrected chi connectivity index (χ0v) is 11.0. The number of rotatable bonds is 5. The minimum absolute atomic E-state index is 0.0679. The second-order valence-corrected chi connectivity index (χ2v) is 4.16. The van der Waals surface area contributed by atoms with Crippen molar-refractivity contribution in [2.45, 2.75) is 13.5 Å². The average Bonchev–Trinajstić information content (AvgIpc) is 2.90. The van der Waals surface area contributed by atoms with Gasteiger partial charge in [-0.05, 0) is 12.5 Å². The maximum Gasteiger partial charge on any atom is 0.325 e. The third-order valence-corrected chi connectivity index (χ3v) is 2.49. The van der Waals surface area contributed by atoms with Crippen LogP contribution in [0.1, 0.15) is 21.8 Å². The van der Waals surface area contributed by atoms with Gasteiger partial charge in [0.25, 0.3) is 5.91 Å². The lowest BCUT2D eigenvalue weighted by atomic mass is 10.2. The van der Waals surface area contributed by atoms with Crippen molar-refractivity contribution in [3.8, 4) is 0 Å². The van der Waals surface area contributed by atoms with Crippen molar-refractivity contribution < 1.29 is 18.8 Å². The van der Waals surface area contributed by atoms with E-state index in [0.717, 1.165) is 5.56 Å². The Hall–Kier alpha value is -2.63. The fourth-order valence-corrected chi connectivity index (χ4v) is 1.50. The lowest BCUT2D eigenvalue weighted by molar-refractivity contribution is -0.143. The quantitative estimate of drug-likeness (QED) is 0.835. The van der Waals surface area contributed by atoms with E-state index < -0.39 is 11.9 Å². The van der Waals surface area contributed by atoms with E-state index in [1.807, 2.05) is 30.3 Å². The number of hydrogen-bond donors (Lipinski definition) is 1. The summed E-state index contributed by atoms with van der Waals surface area (Å²) in [4.78, 5) is 23.1. The van der Waals surface area contributed by atoms with Crippen molar-refractivity contribution in [3.63, 3.8) is 0 Å². The summed E-state index contributed by atoms with van der Waals surface area (Å²) in [7, 11) is 0. The predicted octanol–water partition coefficient (Wildman–Crippen LogP) is 1.46. The van der Waals surface area contributed by atoms with Crippen LogP contribution in [0.3, 0.4) is 0 Å². The molecule has 6 heteroatoms. The summed E-state index contributed by atoms with van der Waals surface area (Å²) in [6.07, 6.45) is 0. The molecule has 1 aromatic carbocycles. The smallest absolute Gasteiger partial charge is 0.325 e. The number of benzene rings is 1. The molecular weight excluding hydrogens is 260 g/mol. The van der Waals surface area contributed by atoms with Crippen molar-refractivity contribution in [1.29, 1.82) is 0 Å². The number of aromatic nitrogens is 1. The molecule has 0 atom stereocenters. The van der Waals surface area contributed by atoms with Crippen LogP contribution in [0.5, 0.6) is 0 Å². The maximum atomic E-state index is 11.6. The van der Waals surface area contributed by atoms with Gasteiger partial charge in [0.15, 0.2) is 0 Å². The number of amides is 1. The van der Waals surface area contributed by atoms with E-state index in [1.54, 1.807) is 6.92 Å². The van der Waals surface area contributed by atoms with Gasteiger partial charge in [0.2, 0.25) is 5.76 Å². The highest BCUT2D eigenvalue weighted by molar-refractivity contribution is 5.93. The van der Waals surface area contributed by atoms with Crippen LogP contribution in [0.25, 0.3) is 0 Å². The third kappa shape index (κ3) is 3.94. The van der Waals surface area contributed by atoms with Gasteiger partial charge >= 0.3 is 5.97 Å². The SMILES string of the molecule is Cc1cc(C(=O)NCC(=O)OCc2ccccc2)on1. The zero-order chi connectivity index (χ0) is 14.4. The predicted molar refractivity (Wildman–Crippen MR) is 69.8 cm³/mol. The number of esters is 1. The number of nitrogens with one attached hydrogen (secondary N) is 1. The van der Waals surface area contributed by atoms with Crippen LogP contribution >= 0.6 is 0 Å². The molecule has 1 N–H and O–H groups in total. The molecule has 0 radical (unpaired) electrons. The van der Waals surface area contributed by atoms with E-state index in [2.05, 4.69) is 10.5 Å². The Labute approximate surface area is 115 Å². The first-order valence-electron chi connectivity index (χ1n) is 6.06. The molecule has 1 amide bonds. The molecular formula is C14H14N2O4. The first-order chi connectivity index (χ1) is 9.65. The molecule has 2 rings (SSSR count). The highest BCUT2D eigenvalue weighted by atomic mass is 16.5. The zero-order valence-electron chi connectivity index (χ0n) is 11.0. The minimum Gasteiger partial charge on any atom is -0.460 e. The van der Waals surface area contributed by atoms with E-state index >= 15 is 0 Å². The Bertz CT molecular complexity index is 592. The normalized spacial score (nSPS) is 10.1. The lowest BCUT2D eigenvalue weighted by Gasteiger charge is -2.05. The largest absolute Gasteiger partial charge is 0.460 e. The summed E-state index contributed by atoms with van der Waals surface area (Å²) >= 11 is 0. The highest BCUT2D eigenvalue weighted by Crippen LogP contribution is 2.02. The van der Waals surface area contributed by atoms with Crippen LogP contribution in [0.15, 0.2) is 40.9 Å². The first-order valence-corrected chi connectivity index (χ1v) is 6.06. The molecule has 0 saturated heterocycles. The molecule has 2 aromatic rings. The number of hydrogen-bond acceptors (Lipinski definition) is 5. The fourth-order valence-electron chi connectivity index (χ4n) is 1.50. The Morgan fingerprint density at radius 2 is 2.05 bits per heavy atom. The van der Waals surface area contributed by atoms with Crippen molar-refractivity contribution in [2.75, 3.05) is 6.54 Å². The van der Waals surface area contributed by atoms with Gasteiger partial charge in [-0.15, -0.1) is 0 Å². The van der Waals surface area contributed by atoms with Gasteiger partial charge in [-0.25, -0.2) is 0 Å². The molecule has 104 valence electrons. The van der Waals surface area contributed by atoms with E-state index in [4.69, 9.17) is 9.26 Å². The maximum absolute atomic E-state index is 11.6. The molecule has 0 aliphatic carbocycles. The van der Waals surface area contributed by atoms with Gasteiger partial charge in [0.1, 0.15) is 13.2 Å². The minimum atomic E-state index is -0.515. The van der Waals surface area contributed by atoms with E-state index in [-0.39, 0.29) is 18.9 Å². The summed E-state index contributed by atoms with van der Waals surface area (Å²) in [5, 5.41) is 5.99. The second kappa shape index (κ2) is 6.51. The monoisotopic (exact) mass is 274 g/mol. The summed E-state index contributed by atoms with van der Waals surface area (Å²) < 4.78 is 9.79. The summed E-state index contributed by atoms with van der Waals surface area (Å²) in [6, 6.07) is 10.8. The van der Waals surface area contributed by atoms with Gasteiger partial charge in [-0.1, -0.05) is 35.5 Å². The Morgan fingerprint density at radius 3 is 2.70 bits per heavy atom. The first kappa shape index (κ1) is 13.8. The van der Waals surface area contributed by atoms with E-state index in [1.165, 1.54) is 6.07 Å². The fraction of sp³-hybridized carbons (Fsp3) is 0.214. The molecule has 0 saturated carbocycles. The number of carbonyl (C=O) groups excluding carboxylic acids is 2. The van der Waals surface area contributed by atoms with Gasteiger partial charge in [0.05, 0.1) is 5.69 Å². The average molecular weight is 274 g/mol. The van der Waals surface area contributed by atoms with Crippen molar-refractivity contribution in [2.24, 2.45) is 0 Å². The number of aryl methyl sites for hydroxylation is 1. The van der Waals surface area contributed by atoms with Crippen LogP contribution in [0, 0.1) is 6.92 Å². The molecule has 20 heavy (non-hydrogen) atoms. The number of nitrogens with zero attached hydrogens (tertiary/aromatic N) is 1. The lowest BCUT2D eigenvalue weighted by Crippen LogP contribution is -2.30. The van der Waals surface area contributed by atoms with Gasteiger partial charge in [0, 0.05) is 6.07 Å². The molecule has 1 aromatic heterocycles. The van der Waals surface area contributed by atoms with Crippen molar-refractivity contribution in [3.05, 3.63) is 53.4 Å². The number of carbonyl (C=O) groups is 2. The van der Waals surface area contributed by atoms with E-state index in [0.29, 0.717) is 5.69 Å². The molecule has 6 nitrogen and oxygen atoms in total. The van der Waals surface area contributed by atoms with Crippen LogP contribution in [-0.4, -0.2) is 23.6 Å². The Balaban J connectivity index is 1.74. The van der Waals surface area contributed by atoms with Crippen molar-refractivity contribution in [1.82, 2.24) is 10.5 Å². The Kier molecular flexibility index (Phi) is 4.49. The summed E-state index contributed by atoms with van der Waals surface area (Å²) in [5.74, 6) is -0.945. The molecule has 0 aliphatic rings. The molecule has 0 bridgehead atoms. The molecule has 1 heterocycles. The summed E-state index contributed by atoms with van der Waals surface area (Å²) in [5.41, 5.74) is 1.49. The third-order valence-electron chi connectivity index (χ3n) is 2.49. The standard InChI is InChI=1S/C14H14N2O4/c1-10-7-12(20-16-10)14(18)15-8-13(17)19-9-11-5-3-2-4-6-11/h2-7H,8-9H2,1H3,(H,15,18). The van der Waals surface area contributed by atoms with Gasteiger partial charge in [-0.2, -0.15) is 0 Å². The van der Waals surface area contributed by atoms with Crippen LogP contribution in [0.4, 0.5) is 0 Å². The van der Waals surface area contributed by atoms with Crippen LogP contribution in [0.2, 0.25) is 0 Å². The van der Waals surface area contributed by atoms with Crippen LogP contribution in [-0.2, 0) is 16.1 Å². The van der Waals surface area contributed by atoms with Crippen molar-refractivity contribution >= 4 is 11.9 Å². The molecule has 0 unspecified atom stereocenters. The molecule has 0 aliphatic heterocycles. The second-order valence-electron chi connectivity index (χ2n) is 4.16. The number of ether oxygens (including phenoxy) is 1. The van der Waals surface area contributed by atoms with E-state index in [9.17, 15) is 9.59 Å². The molecule has 0 spiro atoms. The van der Waals surface area contributed by atoms with Gasteiger partial charge in [-0.3, -0.25) is 9.59 Å². The van der Waals surface area contributed by atoms with Crippen LogP contribution < -0.4 is 5.32 Å². The molecule has 0 fully saturated rings. The Morgan fingerprint density at radius 1 is 1.30 bits per heavy atom. The summed E-state index contributed by atoms with van der Waals surface area (Å²) in [6.45, 7) is 1.66.